The van der Waals surface area contributed by atoms with E-state index in [1.54, 1.807) is 32.4 Å². The van der Waals surface area contributed by atoms with Gasteiger partial charge < -0.3 is 9.47 Å². The summed E-state index contributed by atoms with van der Waals surface area (Å²) in [7, 11) is 3.12. The van der Waals surface area contributed by atoms with Crippen LogP contribution in [0.3, 0.4) is 0 Å². The molecule has 1 aliphatic carbocycles. The molecule has 0 spiro atoms. The van der Waals surface area contributed by atoms with Crippen LogP contribution >= 0.6 is 0 Å². The summed E-state index contributed by atoms with van der Waals surface area (Å²) < 4.78 is 10.4. The van der Waals surface area contributed by atoms with E-state index >= 15 is 0 Å². The van der Waals surface area contributed by atoms with Crippen molar-refractivity contribution < 1.29 is 14.3 Å². The van der Waals surface area contributed by atoms with Crippen LogP contribution in [0.4, 0.5) is 0 Å². The van der Waals surface area contributed by atoms with Crippen LogP contribution in [0.2, 0.25) is 0 Å². The molecule has 0 aliphatic heterocycles. The van der Waals surface area contributed by atoms with Gasteiger partial charge >= 0.3 is 0 Å². The third kappa shape index (κ3) is 4.71. The fourth-order valence-corrected chi connectivity index (χ4v) is 2.99. The molecule has 1 aromatic carbocycles. The minimum absolute atomic E-state index is 0.228. The summed E-state index contributed by atoms with van der Waals surface area (Å²) in [6.45, 7) is 2.23. The lowest BCUT2D eigenvalue weighted by atomic mass is 9.85. The average molecular weight is 318 g/mol. The molecular weight excluding hydrogens is 292 g/mol. The number of benzene rings is 1. The number of amides is 1. The summed E-state index contributed by atoms with van der Waals surface area (Å²) in [6, 6.07) is 5.08. The fourth-order valence-electron chi connectivity index (χ4n) is 2.99. The zero-order chi connectivity index (χ0) is 16.7. The van der Waals surface area contributed by atoms with Crippen LogP contribution in [0, 0.1) is 5.92 Å². The Morgan fingerprint density at radius 2 is 1.91 bits per heavy atom. The molecule has 1 aliphatic rings. The second-order valence-electron chi connectivity index (χ2n) is 5.92. The monoisotopic (exact) mass is 318 g/mol. The van der Waals surface area contributed by atoms with Crippen molar-refractivity contribution in [3.8, 4) is 11.5 Å². The van der Waals surface area contributed by atoms with Crippen molar-refractivity contribution in [3.63, 3.8) is 0 Å². The lowest BCUT2D eigenvalue weighted by molar-refractivity contribution is 0.0954. The molecule has 0 unspecified atom stereocenters. The van der Waals surface area contributed by atoms with Crippen molar-refractivity contribution in [2.45, 2.75) is 45.4 Å². The summed E-state index contributed by atoms with van der Waals surface area (Å²) in [5, 5.41) is 4.30. The van der Waals surface area contributed by atoms with Gasteiger partial charge in [-0.2, -0.15) is 5.10 Å². The van der Waals surface area contributed by atoms with E-state index in [-0.39, 0.29) is 5.91 Å². The predicted octanol–water partition coefficient (Wildman–Crippen LogP) is 3.78. The molecule has 5 nitrogen and oxygen atoms in total. The second kappa shape index (κ2) is 8.56. The molecule has 5 heteroatoms. The summed E-state index contributed by atoms with van der Waals surface area (Å²) >= 11 is 0. The third-order valence-corrected chi connectivity index (χ3v) is 4.34. The van der Waals surface area contributed by atoms with Crippen molar-refractivity contribution in [2.24, 2.45) is 11.0 Å². The van der Waals surface area contributed by atoms with Crippen LogP contribution in [0.15, 0.2) is 23.3 Å². The standard InChI is InChI=1S/C18H26N2O3/c1-4-5-13-6-9-15(10-7-13)19-20-18(21)14-8-11-16(22-2)17(12-14)23-3/h8,11-13H,4-7,9-10H2,1-3H3,(H,20,21). The molecule has 0 bridgehead atoms. The van der Waals surface area contributed by atoms with Crippen molar-refractivity contribution in [2.75, 3.05) is 14.2 Å². The fraction of sp³-hybridized carbons (Fsp3) is 0.556. The minimum atomic E-state index is -0.228. The van der Waals surface area contributed by atoms with E-state index in [0.29, 0.717) is 17.1 Å². The Morgan fingerprint density at radius 1 is 1.22 bits per heavy atom. The van der Waals surface area contributed by atoms with Crippen molar-refractivity contribution in [3.05, 3.63) is 23.8 Å². The Balaban J connectivity index is 1.93. The van der Waals surface area contributed by atoms with Gasteiger partial charge in [-0.25, -0.2) is 5.43 Å². The number of carbonyl (C=O) groups excluding carboxylic acids is 1. The molecule has 1 N–H and O–H groups in total. The molecule has 0 radical (unpaired) electrons. The maximum atomic E-state index is 12.2. The first-order valence-corrected chi connectivity index (χ1v) is 8.25. The number of ether oxygens (including phenoxy) is 2. The Bertz CT molecular complexity index is 559. The topological polar surface area (TPSA) is 59.9 Å². The molecule has 1 fully saturated rings. The molecule has 1 aromatic rings. The van der Waals surface area contributed by atoms with Gasteiger partial charge in [0.2, 0.25) is 0 Å². The van der Waals surface area contributed by atoms with Gasteiger partial charge in [0.25, 0.3) is 5.91 Å². The number of rotatable bonds is 6. The maximum Gasteiger partial charge on any atom is 0.271 e. The molecule has 2 rings (SSSR count). The highest BCUT2D eigenvalue weighted by atomic mass is 16.5. The van der Waals surface area contributed by atoms with Crippen LogP contribution < -0.4 is 14.9 Å². The molecule has 0 aromatic heterocycles. The SMILES string of the molecule is CCCC1CCC(=NNC(=O)c2ccc(OC)c(OC)c2)CC1. The molecule has 126 valence electrons. The second-order valence-corrected chi connectivity index (χ2v) is 5.92. The smallest absolute Gasteiger partial charge is 0.271 e. The van der Waals surface area contributed by atoms with Crippen LogP contribution in [-0.4, -0.2) is 25.8 Å². The van der Waals surface area contributed by atoms with Gasteiger partial charge in [-0.05, 0) is 49.8 Å². The van der Waals surface area contributed by atoms with Crippen LogP contribution in [0.25, 0.3) is 0 Å². The van der Waals surface area contributed by atoms with Gasteiger partial charge in [-0.3, -0.25) is 4.79 Å². The summed E-state index contributed by atoms with van der Waals surface area (Å²) in [5.74, 6) is 1.73. The molecular formula is C18H26N2O3. The highest BCUT2D eigenvalue weighted by Gasteiger charge is 2.17. The van der Waals surface area contributed by atoms with Gasteiger partial charge in [0.05, 0.1) is 14.2 Å². The number of nitrogens with one attached hydrogen (secondary N) is 1. The Kier molecular flexibility index (Phi) is 6.44. The summed E-state index contributed by atoms with van der Waals surface area (Å²) in [6.07, 6.45) is 6.87. The number of hydrogen-bond acceptors (Lipinski definition) is 4. The first-order valence-electron chi connectivity index (χ1n) is 8.25. The number of hydrogen-bond donors (Lipinski definition) is 1. The average Bonchev–Trinajstić information content (AvgIpc) is 2.60. The van der Waals surface area contributed by atoms with Crippen molar-refractivity contribution >= 4 is 11.6 Å². The molecule has 0 atom stereocenters. The molecule has 0 heterocycles. The van der Waals surface area contributed by atoms with E-state index in [4.69, 9.17) is 9.47 Å². The molecule has 1 amide bonds. The first kappa shape index (κ1) is 17.3. The Morgan fingerprint density at radius 3 is 2.52 bits per heavy atom. The van der Waals surface area contributed by atoms with E-state index in [1.807, 2.05) is 0 Å². The van der Waals surface area contributed by atoms with Crippen molar-refractivity contribution in [1.29, 1.82) is 0 Å². The van der Waals surface area contributed by atoms with Gasteiger partial charge in [0.15, 0.2) is 11.5 Å². The van der Waals surface area contributed by atoms with Crippen LogP contribution in [-0.2, 0) is 0 Å². The predicted molar refractivity (Wildman–Crippen MR) is 91.3 cm³/mol. The van der Waals surface area contributed by atoms with Gasteiger partial charge in [-0.15, -0.1) is 0 Å². The number of nitrogens with zero attached hydrogens (tertiary/aromatic N) is 1. The molecule has 1 saturated carbocycles. The summed E-state index contributed by atoms with van der Waals surface area (Å²) in [4.78, 5) is 12.2. The quantitative estimate of drug-likeness (QED) is 0.812. The van der Waals surface area contributed by atoms with Crippen molar-refractivity contribution in [1.82, 2.24) is 5.43 Å². The largest absolute Gasteiger partial charge is 0.493 e. The van der Waals surface area contributed by atoms with Gasteiger partial charge in [0, 0.05) is 11.3 Å². The van der Waals surface area contributed by atoms with Crippen LogP contribution in [0.1, 0.15) is 55.8 Å². The number of carbonyl (C=O) groups is 1. The van der Waals surface area contributed by atoms with E-state index < -0.39 is 0 Å². The Labute approximate surface area is 138 Å². The van der Waals surface area contributed by atoms with E-state index in [9.17, 15) is 4.79 Å². The highest BCUT2D eigenvalue weighted by molar-refractivity contribution is 5.96. The van der Waals surface area contributed by atoms with E-state index in [1.165, 1.54) is 25.7 Å². The van der Waals surface area contributed by atoms with Gasteiger partial charge in [0.1, 0.15) is 0 Å². The Hall–Kier alpha value is -2.04. The first-order chi connectivity index (χ1) is 11.2. The lowest BCUT2D eigenvalue weighted by Crippen LogP contribution is -2.22. The third-order valence-electron chi connectivity index (χ3n) is 4.34. The number of methoxy groups -OCH3 is 2. The zero-order valence-electron chi connectivity index (χ0n) is 14.2. The summed E-state index contributed by atoms with van der Waals surface area (Å²) in [5.41, 5.74) is 4.25. The lowest BCUT2D eigenvalue weighted by Gasteiger charge is -2.22. The number of hydrazone groups is 1. The molecule has 23 heavy (non-hydrogen) atoms. The molecule has 0 saturated heterocycles. The highest BCUT2D eigenvalue weighted by Crippen LogP contribution is 2.28. The zero-order valence-corrected chi connectivity index (χ0v) is 14.2. The van der Waals surface area contributed by atoms with Gasteiger partial charge in [-0.1, -0.05) is 19.8 Å². The normalized spacial score (nSPS) is 17.5. The maximum absolute atomic E-state index is 12.2. The van der Waals surface area contributed by atoms with E-state index in [2.05, 4.69) is 17.5 Å². The van der Waals surface area contributed by atoms with E-state index in [0.717, 1.165) is 24.5 Å². The van der Waals surface area contributed by atoms with Crippen LogP contribution in [0.5, 0.6) is 11.5 Å². The minimum Gasteiger partial charge on any atom is -0.493 e.